The third kappa shape index (κ3) is 7.28. The maximum atomic E-state index is 13.3. The van der Waals surface area contributed by atoms with Crippen molar-refractivity contribution in [1.82, 2.24) is 10.2 Å². The Hall–Kier alpha value is -1.98. The third-order valence-corrected chi connectivity index (χ3v) is 7.33. The van der Waals surface area contributed by atoms with Gasteiger partial charge in [-0.15, -0.1) is 11.8 Å². The molecule has 4 nitrogen and oxygen atoms in total. The zero-order valence-corrected chi connectivity index (χ0v) is 20.3. The molecular formula is C26H33ClN2O2S. The minimum atomic E-state index is -0.502. The number of amides is 2. The Kier molecular flexibility index (Phi) is 9.94. The first-order valence-corrected chi connectivity index (χ1v) is 13.1. The highest BCUT2D eigenvalue weighted by atomic mass is 35.5. The minimum absolute atomic E-state index is 0.0310. The number of carbonyl (C=O) groups excluding carboxylic acids is 2. The molecular weight excluding hydrogens is 440 g/mol. The standard InChI is InChI=1S/C26H33ClN2O2S/c1-2-24(26(31)28-22-14-7-4-8-15-22)29(17-21-13-9-10-16-23(21)27)25(30)19-32-18-20-11-5-3-6-12-20/h3,5-6,9-13,16,22,24H,2,4,7-8,14-15,17-19H2,1H3,(H,28,31)/t24-/m1/s1. The average Bonchev–Trinajstić information content (AvgIpc) is 2.81. The molecule has 1 aliphatic carbocycles. The van der Waals surface area contributed by atoms with Crippen LogP contribution in [-0.4, -0.2) is 34.6 Å². The summed E-state index contributed by atoms with van der Waals surface area (Å²) < 4.78 is 0. The molecule has 1 saturated carbocycles. The summed E-state index contributed by atoms with van der Waals surface area (Å²) in [5, 5.41) is 3.83. The number of rotatable bonds is 10. The molecule has 2 aromatic rings. The summed E-state index contributed by atoms with van der Waals surface area (Å²) in [6, 6.07) is 17.4. The highest BCUT2D eigenvalue weighted by Gasteiger charge is 2.30. The zero-order chi connectivity index (χ0) is 22.8. The van der Waals surface area contributed by atoms with E-state index in [-0.39, 0.29) is 17.9 Å². The van der Waals surface area contributed by atoms with Gasteiger partial charge in [-0.3, -0.25) is 9.59 Å². The minimum Gasteiger partial charge on any atom is -0.352 e. The molecule has 3 rings (SSSR count). The van der Waals surface area contributed by atoms with Gasteiger partial charge in [0.25, 0.3) is 0 Å². The van der Waals surface area contributed by atoms with Gasteiger partial charge in [0.1, 0.15) is 6.04 Å². The van der Waals surface area contributed by atoms with Crippen molar-refractivity contribution >= 4 is 35.2 Å². The number of halogens is 1. The van der Waals surface area contributed by atoms with Crippen LogP contribution in [0.2, 0.25) is 5.02 Å². The second-order valence-electron chi connectivity index (χ2n) is 8.36. The molecule has 0 saturated heterocycles. The van der Waals surface area contributed by atoms with Crippen LogP contribution in [0, 0.1) is 0 Å². The van der Waals surface area contributed by atoms with Gasteiger partial charge in [0.2, 0.25) is 11.8 Å². The van der Waals surface area contributed by atoms with Gasteiger partial charge in [0.05, 0.1) is 5.75 Å². The Balaban J connectivity index is 1.71. The Labute approximate surface area is 201 Å². The molecule has 0 bridgehead atoms. The largest absolute Gasteiger partial charge is 0.352 e. The molecule has 0 unspecified atom stereocenters. The molecule has 1 fully saturated rings. The lowest BCUT2D eigenvalue weighted by atomic mass is 9.95. The van der Waals surface area contributed by atoms with E-state index in [1.54, 1.807) is 16.7 Å². The molecule has 0 spiro atoms. The molecule has 0 radical (unpaired) electrons. The Morgan fingerprint density at radius 3 is 2.44 bits per heavy atom. The van der Waals surface area contributed by atoms with Crippen LogP contribution in [0.4, 0.5) is 0 Å². The van der Waals surface area contributed by atoms with Crippen LogP contribution < -0.4 is 5.32 Å². The second-order valence-corrected chi connectivity index (χ2v) is 9.75. The van der Waals surface area contributed by atoms with E-state index in [4.69, 9.17) is 11.6 Å². The van der Waals surface area contributed by atoms with Gasteiger partial charge in [0.15, 0.2) is 0 Å². The molecule has 1 N–H and O–H groups in total. The number of hydrogen-bond donors (Lipinski definition) is 1. The maximum absolute atomic E-state index is 13.3. The van der Waals surface area contributed by atoms with Crippen LogP contribution >= 0.6 is 23.4 Å². The summed E-state index contributed by atoms with van der Waals surface area (Å²) in [6.45, 7) is 2.30. The number of thioether (sulfide) groups is 1. The van der Waals surface area contributed by atoms with Gasteiger partial charge in [-0.2, -0.15) is 0 Å². The van der Waals surface area contributed by atoms with E-state index >= 15 is 0 Å². The lowest BCUT2D eigenvalue weighted by molar-refractivity contribution is -0.139. The van der Waals surface area contributed by atoms with E-state index in [2.05, 4.69) is 17.4 Å². The lowest BCUT2D eigenvalue weighted by Crippen LogP contribution is -2.52. The van der Waals surface area contributed by atoms with Crippen LogP contribution in [-0.2, 0) is 21.9 Å². The van der Waals surface area contributed by atoms with Crippen LogP contribution in [0.25, 0.3) is 0 Å². The quantitative estimate of drug-likeness (QED) is 0.473. The van der Waals surface area contributed by atoms with E-state index < -0.39 is 6.04 Å². The summed E-state index contributed by atoms with van der Waals surface area (Å²) in [6.07, 6.45) is 6.15. The summed E-state index contributed by atoms with van der Waals surface area (Å²) in [7, 11) is 0. The fourth-order valence-electron chi connectivity index (χ4n) is 4.19. The number of benzene rings is 2. The predicted octanol–water partition coefficient (Wildman–Crippen LogP) is 5.83. The summed E-state index contributed by atoms with van der Waals surface area (Å²) in [5.74, 6) is 1.01. The van der Waals surface area contributed by atoms with Crippen LogP contribution in [0.15, 0.2) is 54.6 Å². The summed E-state index contributed by atoms with van der Waals surface area (Å²) >= 11 is 7.97. The van der Waals surface area contributed by atoms with E-state index in [0.29, 0.717) is 23.7 Å². The molecule has 1 aliphatic rings. The number of hydrogen-bond acceptors (Lipinski definition) is 3. The molecule has 172 valence electrons. The summed E-state index contributed by atoms with van der Waals surface area (Å²) in [5.41, 5.74) is 2.05. The number of nitrogens with zero attached hydrogens (tertiary/aromatic N) is 1. The van der Waals surface area contributed by atoms with Gasteiger partial charge in [-0.1, -0.05) is 86.3 Å². The first-order chi connectivity index (χ1) is 15.6. The number of carbonyl (C=O) groups is 2. The van der Waals surface area contributed by atoms with Gasteiger partial charge >= 0.3 is 0 Å². The Morgan fingerprint density at radius 2 is 1.75 bits per heavy atom. The molecule has 2 aromatic carbocycles. The monoisotopic (exact) mass is 472 g/mol. The first kappa shape index (κ1) is 24.7. The van der Waals surface area contributed by atoms with Crippen molar-refractivity contribution in [2.75, 3.05) is 5.75 Å². The molecule has 1 atom stereocenters. The van der Waals surface area contributed by atoms with Crippen molar-refractivity contribution in [3.05, 3.63) is 70.7 Å². The molecule has 32 heavy (non-hydrogen) atoms. The van der Waals surface area contributed by atoms with Gasteiger partial charge in [-0.25, -0.2) is 0 Å². The molecule has 2 amide bonds. The predicted molar refractivity (Wildman–Crippen MR) is 134 cm³/mol. The maximum Gasteiger partial charge on any atom is 0.243 e. The van der Waals surface area contributed by atoms with E-state index in [0.717, 1.165) is 37.0 Å². The van der Waals surface area contributed by atoms with E-state index in [9.17, 15) is 9.59 Å². The van der Waals surface area contributed by atoms with Gasteiger partial charge in [-0.05, 0) is 36.5 Å². The zero-order valence-electron chi connectivity index (χ0n) is 18.8. The van der Waals surface area contributed by atoms with Crippen LogP contribution in [0.5, 0.6) is 0 Å². The van der Waals surface area contributed by atoms with Crippen molar-refractivity contribution in [3.8, 4) is 0 Å². The molecule has 0 heterocycles. The van der Waals surface area contributed by atoms with Crippen molar-refractivity contribution in [3.63, 3.8) is 0 Å². The molecule has 0 aromatic heterocycles. The van der Waals surface area contributed by atoms with Gasteiger partial charge in [0, 0.05) is 23.4 Å². The van der Waals surface area contributed by atoms with Crippen molar-refractivity contribution in [2.24, 2.45) is 0 Å². The highest BCUT2D eigenvalue weighted by molar-refractivity contribution is 7.99. The van der Waals surface area contributed by atoms with Crippen molar-refractivity contribution in [1.29, 1.82) is 0 Å². The van der Waals surface area contributed by atoms with E-state index in [1.807, 2.05) is 49.4 Å². The summed E-state index contributed by atoms with van der Waals surface area (Å²) in [4.78, 5) is 28.3. The average molecular weight is 473 g/mol. The molecule has 6 heteroatoms. The number of nitrogens with one attached hydrogen (secondary N) is 1. The van der Waals surface area contributed by atoms with Crippen molar-refractivity contribution < 1.29 is 9.59 Å². The first-order valence-electron chi connectivity index (χ1n) is 11.5. The fraction of sp³-hybridized carbons (Fsp3) is 0.462. The highest BCUT2D eigenvalue weighted by Crippen LogP contribution is 2.22. The fourth-order valence-corrected chi connectivity index (χ4v) is 5.25. The SMILES string of the molecule is CC[C@H](C(=O)NC1CCCCC1)N(Cc1ccccc1Cl)C(=O)CSCc1ccccc1. The van der Waals surface area contributed by atoms with Gasteiger partial charge < -0.3 is 10.2 Å². The Morgan fingerprint density at radius 1 is 1.06 bits per heavy atom. The van der Waals surface area contributed by atoms with E-state index in [1.165, 1.54) is 12.0 Å². The van der Waals surface area contributed by atoms with Crippen LogP contribution in [0.1, 0.15) is 56.6 Å². The van der Waals surface area contributed by atoms with Crippen molar-refractivity contribution in [2.45, 2.75) is 69.8 Å². The topological polar surface area (TPSA) is 49.4 Å². The Bertz CT molecular complexity index is 871. The lowest BCUT2D eigenvalue weighted by Gasteiger charge is -2.33. The normalized spacial score (nSPS) is 15.2. The smallest absolute Gasteiger partial charge is 0.243 e. The second kappa shape index (κ2) is 12.9. The molecule has 0 aliphatic heterocycles. The third-order valence-electron chi connectivity index (χ3n) is 5.97. The van der Waals surface area contributed by atoms with Crippen LogP contribution in [0.3, 0.4) is 0 Å².